The Labute approximate surface area is 138 Å². The zero-order valence-electron chi connectivity index (χ0n) is 14.2. The molecule has 4 nitrogen and oxygen atoms in total. The number of aryl methyl sites for hydroxylation is 1. The van der Waals surface area contributed by atoms with Crippen LogP contribution in [0.4, 0.5) is 0 Å². The van der Waals surface area contributed by atoms with Crippen molar-refractivity contribution in [1.29, 1.82) is 0 Å². The quantitative estimate of drug-likeness (QED) is 0.853. The Bertz CT molecular complexity index is 678. The Morgan fingerprint density at radius 1 is 1.17 bits per heavy atom. The first-order chi connectivity index (χ1) is 11.0. The smallest absolute Gasteiger partial charge is 0.223 e. The van der Waals surface area contributed by atoms with Crippen molar-refractivity contribution in [3.63, 3.8) is 0 Å². The van der Waals surface area contributed by atoms with Crippen LogP contribution in [0.15, 0.2) is 47.4 Å². The normalized spacial score (nSPS) is 11.3. The molecule has 0 amide bonds. The highest BCUT2D eigenvalue weighted by atomic mass is 16.3. The van der Waals surface area contributed by atoms with Gasteiger partial charge >= 0.3 is 0 Å². The van der Waals surface area contributed by atoms with Crippen LogP contribution in [0.2, 0.25) is 0 Å². The minimum Gasteiger partial charge on any atom is -0.503 e. The number of aromatic nitrogens is 1. The Balaban J connectivity index is 2.13. The molecule has 0 fully saturated rings. The van der Waals surface area contributed by atoms with Gasteiger partial charge in [0.05, 0.1) is 6.20 Å². The standard InChI is InChI=1S/C19H26N2O2/c1-15(2)9-10-21-14-19(23)18(22)11-17(21)13-20(3)12-16-7-5-4-6-8-16/h4-8,11,14-15,23H,9-10,12-13H2,1-3H3. The van der Waals surface area contributed by atoms with Crippen LogP contribution in [0, 0.1) is 5.92 Å². The van der Waals surface area contributed by atoms with E-state index < -0.39 is 0 Å². The summed E-state index contributed by atoms with van der Waals surface area (Å²) in [5.41, 5.74) is 1.87. The second kappa shape index (κ2) is 7.97. The summed E-state index contributed by atoms with van der Waals surface area (Å²) in [4.78, 5) is 14.0. The highest BCUT2D eigenvalue weighted by molar-refractivity contribution is 5.21. The largest absolute Gasteiger partial charge is 0.503 e. The Morgan fingerprint density at radius 3 is 2.52 bits per heavy atom. The topological polar surface area (TPSA) is 45.5 Å². The summed E-state index contributed by atoms with van der Waals surface area (Å²) in [7, 11) is 2.04. The van der Waals surface area contributed by atoms with Gasteiger partial charge in [-0.3, -0.25) is 9.69 Å². The van der Waals surface area contributed by atoms with Crippen LogP contribution in [-0.4, -0.2) is 21.6 Å². The maximum Gasteiger partial charge on any atom is 0.223 e. The molecule has 0 aliphatic rings. The minimum absolute atomic E-state index is 0.178. The van der Waals surface area contributed by atoms with Crippen molar-refractivity contribution < 1.29 is 5.11 Å². The van der Waals surface area contributed by atoms with E-state index in [0.29, 0.717) is 12.5 Å². The summed E-state index contributed by atoms with van der Waals surface area (Å²) < 4.78 is 2.00. The SMILES string of the molecule is CC(C)CCn1cc(O)c(=O)cc1CN(C)Cc1ccccc1. The molecule has 2 aromatic rings. The van der Waals surface area contributed by atoms with E-state index >= 15 is 0 Å². The fraction of sp³-hybridized carbons (Fsp3) is 0.421. The van der Waals surface area contributed by atoms with Gasteiger partial charge in [-0.05, 0) is 24.9 Å². The first-order valence-electron chi connectivity index (χ1n) is 8.10. The summed E-state index contributed by atoms with van der Waals surface area (Å²) in [5, 5.41) is 9.71. The highest BCUT2D eigenvalue weighted by Crippen LogP contribution is 2.12. The van der Waals surface area contributed by atoms with Gasteiger partial charge in [-0.2, -0.15) is 0 Å². The molecule has 0 saturated heterocycles. The van der Waals surface area contributed by atoms with Crippen LogP contribution in [0.1, 0.15) is 31.5 Å². The summed E-state index contributed by atoms with van der Waals surface area (Å²) in [5.74, 6) is 0.398. The molecule has 23 heavy (non-hydrogen) atoms. The molecule has 2 rings (SSSR count). The molecule has 0 aliphatic carbocycles. The summed E-state index contributed by atoms with van der Waals surface area (Å²) >= 11 is 0. The fourth-order valence-corrected chi connectivity index (χ4v) is 2.57. The number of nitrogens with zero attached hydrogens (tertiary/aromatic N) is 2. The van der Waals surface area contributed by atoms with Gasteiger partial charge in [0.15, 0.2) is 5.75 Å². The van der Waals surface area contributed by atoms with Crippen LogP contribution in [0.5, 0.6) is 5.75 Å². The van der Waals surface area contributed by atoms with Gasteiger partial charge in [-0.1, -0.05) is 44.2 Å². The molecule has 0 radical (unpaired) electrons. The van der Waals surface area contributed by atoms with Crippen LogP contribution in [-0.2, 0) is 19.6 Å². The molecule has 1 aromatic heterocycles. The first kappa shape index (κ1) is 17.3. The number of pyridine rings is 1. The van der Waals surface area contributed by atoms with Crippen molar-refractivity contribution in [2.75, 3.05) is 7.05 Å². The first-order valence-corrected chi connectivity index (χ1v) is 8.10. The zero-order valence-corrected chi connectivity index (χ0v) is 14.2. The molecule has 0 bridgehead atoms. The number of hydrogen-bond acceptors (Lipinski definition) is 3. The molecule has 0 unspecified atom stereocenters. The maximum atomic E-state index is 11.8. The van der Waals surface area contributed by atoms with E-state index in [9.17, 15) is 9.90 Å². The molecule has 0 atom stereocenters. The number of hydrogen-bond donors (Lipinski definition) is 1. The van der Waals surface area contributed by atoms with Crippen molar-refractivity contribution in [1.82, 2.24) is 9.47 Å². The van der Waals surface area contributed by atoms with Crippen molar-refractivity contribution >= 4 is 0 Å². The Hall–Kier alpha value is -2.07. The predicted octanol–water partition coefficient (Wildman–Crippen LogP) is 3.23. The van der Waals surface area contributed by atoms with Gasteiger partial charge in [0.1, 0.15) is 0 Å². The van der Waals surface area contributed by atoms with E-state index in [0.717, 1.165) is 25.2 Å². The third-order valence-electron chi connectivity index (χ3n) is 3.87. The average Bonchev–Trinajstić information content (AvgIpc) is 2.50. The summed E-state index contributed by atoms with van der Waals surface area (Å²) in [6.07, 6.45) is 2.58. The van der Waals surface area contributed by atoms with Gasteiger partial charge in [-0.15, -0.1) is 0 Å². The van der Waals surface area contributed by atoms with Crippen molar-refractivity contribution in [3.8, 4) is 5.75 Å². The Morgan fingerprint density at radius 2 is 1.87 bits per heavy atom. The Kier molecular flexibility index (Phi) is 5.99. The molecule has 124 valence electrons. The third kappa shape index (κ3) is 5.25. The van der Waals surface area contributed by atoms with Gasteiger partial charge in [0.2, 0.25) is 5.43 Å². The van der Waals surface area contributed by atoms with E-state index in [4.69, 9.17) is 0 Å². The summed E-state index contributed by atoms with van der Waals surface area (Å²) in [6, 6.07) is 11.8. The molecule has 1 aromatic carbocycles. The molecular weight excluding hydrogens is 288 g/mol. The summed E-state index contributed by atoms with van der Waals surface area (Å²) in [6.45, 7) is 6.63. The zero-order chi connectivity index (χ0) is 16.8. The van der Waals surface area contributed by atoms with Crippen molar-refractivity contribution in [2.45, 2.75) is 39.9 Å². The molecule has 0 saturated carbocycles. The lowest BCUT2D eigenvalue weighted by molar-refractivity contribution is 0.305. The third-order valence-corrected chi connectivity index (χ3v) is 3.87. The predicted molar refractivity (Wildman–Crippen MR) is 93.4 cm³/mol. The van der Waals surface area contributed by atoms with E-state index in [-0.39, 0.29) is 11.2 Å². The molecule has 1 heterocycles. The van der Waals surface area contributed by atoms with E-state index in [1.807, 2.05) is 29.8 Å². The van der Waals surface area contributed by atoms with Crippen molar-refractivity contribution in [3.05, 3.63) is 64.1 Å². The van der Waals surface area contributed by atoms with Crippen LogP contribution >= 0.6 is 0 Å². The second-order valence-electron chi connectivity index (χ2n) is 6.55. The highest BCUT2D eigenvalue weighted by Gasteiger charge is 2.09. The lowest BCUT2D eigenvalue weighted by atomic mass is 10.1. The maximum absolute atomic E-state index is 11.8. The molecular formula is C19H26N2O2. The number of benzene rings is 1. The molecule has 1 N–H and O–H groups in total. The molecule has 4 heteroatoms. The van der Waals surface area contributed by atoms with Crippen molar-refractivity contribution in [2.24, 2.45) is 5.92 Å². The number of rotatable bonds is 7. The van der Waals surface area contributed by atoms with E-state index in [2.05, 4.69) is 30.9 Å². The van der Waals surface area contributed by atoms with Gasteiger partial charge in [0, 0.05) is 31.4 Å². The molecule has 0 aliphatic heterocycles. The molecule has 0 spiro atoms. The lowest BCUT2D eigenvalue weighted by Gasteiger charge is -2.21. The average molecular weight is 314 g/mol. The van der Waals surface area contributed by atoms with Crippen LogP contribution in [0.25, 0.3) is 0 Å². The monoisotopic (exact) mass is 314 g/mol. The van der Waals surface area contributed by atoms with Gasteiger partial charge in [0.25, 0.3) is 0 Å². The second-order valence-corrected chi connectivity index (χ2v) is 6.55. The fourth-order valence-electron chi connectivity index (χ4n) is 2.57. The van der Waals surface area contributed by atoms with E-state index in [1.165, 1.54) is 5.56 Å². The van der Waals surface area contributed by atoms with Gasteiger partial charge < -0.3 is 9.67 Å². The van der Waals surface area contributed by atoms with Gasteiger partial charge in [-0.25, -0.2) is 0 Å². The van der Waals surface area contributed by atoms with E-state index in [1.54, 1.807) is 12.3 Å². The lowest BCUT2D eigenvalue weighted by Crippen LogP contribution is -2.22. The van der Waals surface area contributed by atoms with Crippen LogP contribution < -0.4 is 5.43 Å². The number of aromatic hydroxyl groups is 1. The minimum atomic E-state index is -0.311. The van der Waals surface area contributed by atoms with Crippen LogP contribution in [0.3, 0.4) is 0 Å².